The van der Waals surface area contributed by atoms with Crippen LogP contribution in [0.5, 0.6) is 0 Å². The summed E-state index contributed by atoms with van der Waals surface area (Å²) in [6, 6.07) is 11.8. The van der Waals surface area contributed by atoms with Gasteiger partial charge in [-0.1, -0.05) is 30.7 Å². The maximum atomic E-state index is 13.2. The Balaban J connectivity index is 1.45. The summed E-state index contributed by atoms with van der Waals surface area (Å²) in [5, 5.41) is 3.55. The van der Waals surface area contributed by atoms with Gasteiger partial charge >= 0.3 is 6.18 Å². The number of anilines is 3. The van der Waals surface area contributed by atoms with Crippen LogP contribution in [0, 0.1) is 13.8 Å². The van der Waals surface area contributed by atoms with Gasteiger partial charge in [-0.15, -0.1) is 0 Å². The Kier molecular flexibility index (Phi) is 5.77. The van der Waals surface area contributed by atoms with Crippen LogP contribution < -0.4 is 10.2 Å². The van der Waals surface area contributed by atoms with Crippen LogP contribution in [-0.2, 0) is 18.0 Å². The van der Waals surface area contributed by atoms with Gasteiger partial charge in [0.25, 0.3) is 0 Å². The van der Waals surface area contributed by atoms with E-state index in [1.165, 1.54) is 11.6 Å². The molecule has 1 fully saturated rings. The van der Waals surface area contributed by atoms with E-state index < -0.39 is 12.0 Å². The van der Waals surface area contributed by atoms with Crippen LogP contribution in [-0.4, -0.2) is 21.5 Å². The molecule has 1 aliphatic carbocycles. The average molecular weight is 480 g/mol. The third-order valence-electron chi connectivity index (χ3n) is 7.15. The highest BCUT2D eigenvalue weighted by molar-refractivity contribution is 5.65. The lowest BCUT2D eigenvalue weighted by Crippen LogP contribution is -2.40. The molecule has 3 heterocycles. The number of aryl methyl sites for hydroxylation is 3. The van der Waals surface area contributed by atoms with Crippen LogP contribution in [0.1, 0.15) is 54.0 Å². The predicted octanol–water partition coefficient (Wildman–Crippen LogP) is 6.64. The molecule has 3 aromatic rings. The SMILES string of the molecule is C=C(Nc1ccc(C)cc1C)C1(c2ccc3c(n2)CCCN3c2ccnc(C(F)(F)F)n2)CCC1. The average Bonchev–Trinajstić information content (AvgIpc) is 2.79. The van der Waals surface area contributed by atoms with Gasteiger partial charge in [-0.05, 0) is 69.4 Å². The molecule has 1 aliphatic heterocycles. The molecule has 2 aliphatic rings. The van der Waals surface area contributed by atoms with Crippen molar-refractivity contribution in [1.82, 2.24) is 15.0 Å². The number of allylic oxidation sites excluding steroid dienone is 1. The van der Waals surface area contributed by atoms with Gasteiger partial charge in [-0.2, -0.15) is 13.2 Å². The van der Waals surface area contributed by atoms with E-state index in [1.54, 1.807) is 0 Å². The molecule has 1 saturated carbocycles. The highest BCUT2D eigenvalue weighted by atomic mass is 19.4. The van der Waals surface area contributed by atoms with E-state index in [1.807, 2.05) is 17.0 Å². The number of fused-ring (bicyclic) bond motifs is 1. The van der Waals surface area contributed by atoms with Gasteiger partial charge < -0.3 is 10.2 Å². The van der Waals surface area contributed by atoms with Gasteiger partial charge in [-0.25, -0.2) is 9.97 Å². The fourth-order valence-electron chi connectivity index (χ4n) is 5.07. The molecule has 0 radical (unpaired) electrons. The molecule has 0 amide bonds. The lowest BCUT2D eigenvalue weighted by Gasteiger charge is -2.44. The van der Waals surface area contributed by atoms with Crippen molar-refractivity contribution < 1.29 is 13.2 Å². The molecule has 0 atom stereocenters. The number of aromatic nitrogens is 3. The number of nitrogens with zero attached hydrogens (tertiary/aromatic N) is 4. The summed E-state index contributed by atoms with van der Waals surface area (Å²) in [4.78, 5) is 14.0. The lowest BCUT2D eigenvalue weighted by atomic mass is 9.64. The molecule has 0 unspecified atom stereocenters. The second-order valence-corrected chi connectivity index (χ2v) is 9.51. The van der Waals surface area contributed by atoms with Crippen LogP contribution in [0.15, 0.2) is 54.9 Å². The summed E-state index contributed by atoms with van der Waals surface area (Å²) in [6.45, 7) is 9.14. The van der Waals surface area contributed by atoms with Crippen molar-refractivity contribution in [3.8, 4) is 0 Å². The first kappa shape index (κ1) is 23.3. The number of halogens is 3. The topological polar surface area (TPSA) is 53.9 Å². The number of hydrogen-bond acceptors (Lipinski definition) is 5. The summed E-state index contributed by atoms with van der Waals surface area (Å²) < 4.78 is 39.5. The first-order valence-electron chi connectivity index (χ1n) is 11.9. The minimum absolute atomic E-state index is 0.238. The Labute approximate surface area is 203 Å². The van der Waals surface area contributed by atoms with E-state index in [0.717, 1.165) is 72.3 Å². The van der Waals surface area contributed by atoms with Gasteiger partial charge in [0.05, 0.1) is 22.5 Å². The van der Waals surface area contributed by atoms with E-state index >= 15 is 0 Å². The molecule has 8 heteroatoms. The first-order chi connectivity index (χ1) is 16.7. The highest BCUT2D eigenvalue weighted by Gasteiger charge is 2.43. The first-order valence-corrected chi connectivity index (χ1v) is 11.9. The van der Waals surface area contributed by atoms with Gasteiger partial charge in [0.1, 0.15) is 5.82 Å². The van der Waals surface area contributed by atoms with E-state index in [4.69, 9.17) is 4.98 Å². The fraction of sp³-hybridized carbons (Fsp3) is 0.370. The third-order valence-corrected chi connectivity index (χ3v) is 7.15. The monoisotopic (exact) mass is 479 g/mol. The van der Waals surface area contributed by atoms with Crippen molar-refractivity contribution >= 4 is 17.2 Å². The quantitative estimate of drug-likeness (QED) is 0.445. The molecule has 0 saturated heterocycles. The number of rotatable bonds is 5. The zero-order chi connectivity index (χ0) is 24.8. The van der Waals surface area contributed by atoms with Crippen LogP contribution in [0.3, 0.4) is 0 Å². The Bertz CT molecular complexity index is 1280. The van der Waals surface area contributed by atoms with Gasteiger partial charge in [0, 0.05) is 24.1 Å². The minimum Gasteiger partial charge on any atom is -0.358 e. The van der Waals surface area contributed by atoms with Crippen molar-refractivity contribution in [2.45, 2.75) is 57.5 Å². The Hall–Kier alpha value is -3.42. The normalized spacial score (nSPS) is 16.9. The predicted molar refractivity (Wildman–Crippen MR) is 131 cm³/mol. The van der Waals surface area contributed by atoms with Crippen LogP contribution in [0.25, 0.3) is 0 Å². The third kappa shape index (κ3) is 4.26. The van der Waals surface area contributed by atoms with Crippen molar-refractivity contribution in [1.29, 1.82) is 0 Å². The molecule has 5 rings (SSSR count). The highest BCUT2D eigenvalue weighted by Crippen LogP contribution is 2.49. The van der Waals surface area contributed by atoms with Crippen LogP contribution in [0.4, 0.5) is 30.4 Å². The molecule has 35 heavy (non-hydrogen) atoms. The molecular weight excluding hydrogens is 451 g/mol. The van der Waals surface area contributed by atoms with Crippen molar-refractivity contribution in [3.63, 3.8) is 0 Å². The minimum atomic E-state index is -4.59. The Morgan fingerprint density at radius 2 is 1.86 bits per heavy atom. The summed E-state index contributed by atoms with van der Waals surface area (Å²) in [6.07, 6.45) is 1.14. The van der Waals surface area contributed by atoms with E-state index in [-0.39, 0.29) is 11.2 Å². The molecule has 5 nitrogen and oxygen atoms in total. The summed E-state index contributed by atoms with van der Waals surface area (Å²) in [5.74, 6) is -0.893. The standard InChI is InChI=1S/C27H28F3N5/c1-17-7-8-20(18(2)16-17)32-19(3)26(12-5-13-26)23-10-9-22-21(33-23)6-4-15-35(22)24-11-14-31-25(34-24)27(28,29)30/h7-11,14,16,32H,3-6,12-13,15H2,1-2H3. The number of alkyl halides is 3. The van der Waals surface area contributed by atoms with Crippen LogP contribution in [0.2, 0.25) is 0 Å². The molecule has 182 valence electrons. The lowest BCUT2D eigenvalue weighted by molar-refractivity contribution is -0.144. The largest absolute Gasteiger partial charge is 0.451 e. The summed E-state index contributed by atoms with van der Waals surface area (Å²) >= 11 is 0. The molecule has 2 aromatic heterocycles. The number of nitrogens with one attached hydrogen (secondary N) is 1. The van der Waals surface area contributed by atoms with E-state index in [9.17, 15) is 13.2 Å². The maximum absolute atomic E-state index is 13.2. The van der Waals surface area contributed by atoms with Gasteiger partial charge in [-0.3, -0.25) is 4.98 Å². The molecule has 0 spiro atoms. The van der Waals surface area contributed by atoms with Crippen molar-refractivity contribution in [3.05, 3.63) is 83.2 Å². The van der Waals surface area contributed by atoms with Crippen LogP contribution >= 0.6 is 0 Å². The molecular formula is C27H28F3N5. The second kappa shape index (κ2) is 8.66. The second-order valence-electron chi connectivity index (χ2n) is 9.51. The summed E-state index contributed by atoms with van der Waals surface area (Å²) in [7, 11) is 0. The number of benzene rings is 1. The van der Waals surface area contributed by atoms with Gasteiger partial charge in [0.15, 0.2) is 0 Å². The zero-order valence-corrected chi connectivity index (χ0v) is 19.9. The number of hydrogen-bond donors (Lipinski definition) is 1. The molecule has 1 N–H and O–H groups in total. The maximum Gasteiger partial charge on any atom is 0.451 e. The fourth-order valence-corrected chi connectivity index (χ4v) is 5.07. The van der Waals surface area contributed by atoms with Gasteiger partial charge in [0.2, 0.25) is 5.82 Å². The van der Waals surface area contributed by atoms with Crippen molar-refractivity contribution in [2.75, 3.05) is 16.8 Å². The Morgan fingerprint density at radius 3 is 2.54 bits per heavy atom. The summed E-state index contributed by atoms with van der Waals surface area (Å²) in [5.41, 5.74) is 6.74. The van der Waals surface area contributed by atoms with Crippen molar-refractivity contribution in [2.24, 2.45) is 0 Å². The van der Waals surface area contributed by atoms with E-state index in [2.05, 4.69) is 53.9 Å². The zero-order valence-electron chi connectivity index (χ0n) is 19.9. The Morgan fingerprint density at radius 1 is 1.06 bits per heavy atom. The smallest absolute Gasteiger partial charge is 0.358 e. The number of pyridine rings is 1. The van der Waals surface area contributed by atoms with E-state index in [0.29, 0.717) is 6.54 Å². The molecule has 1 aromatic carbocycles. The molecule has 0 bridgehead atoms.